The molecule has 1 fully saturated rings. The Morgan fingerprint density at radius 2 is 1.73 bits per heavy atom. The normalized spacial score (nSPS) is 14.4. The lowest BCUT2D eigenvalue weighted by Crippen LogP contribution is -2.40. The average molecular weight is 402 g/mol. The number of aromatic nitrogens is 2. The third-order valence-electron chi connectivity index (χ3n) is 5.54. The minimum absolute atomic E-state index is 0.0380. The zero-order chi connectivity index (χ0) is 20.8. The molecule has 0 aliphatic carbocycles. The number of ether oxygens (including phenoxy) is 1. The van der Waals surface area contributed by atoms with Crippen molar-refractivity contribution >= 4 is 11.7 Å². The highest BCUT2D eigenvalue weighted by Crippen LogP contribution is 2.23. The molecule has 1 aliphatic heterocycles. The SMILES string of the molecule is COc1ccc(CNC(=O)C2CCN(c3ccc(-c4ccccc4)nn3)CC2)cc1. The second kappa shape index (κ2) is 9.39. The molecule has 0 bridgehead atoms. The van der Waals surface area contributed by atoms with Crippen molar-refractivity contribution in [2.75, 3.05) is 25.1 Å². The van der Waals surface area contributed by atoms with Crippen molar-refractivity contribution in [3.8, 4) is 17.0 Å². The summed E-state index contributed by atoms with van der Waals surface area (Å²) in [6, 6.07) is 21.8. The van der Waals surface area contributed by atoms with Crippen LogP contribution >= 0.6 is 0 Å². The predicted molar refractivity (Wildman–Crippen MR) is 117 cm³/mol. The Labute approximate surface area is 176 Å². The molecule has 2 heterocycles. The van der Waals surface area contributed by atoms with Crippen LogP contribution in [0.2, 0.25) is 0 Å². The third kappa shape index (κ3) is 4.76. The van der Waals surface area contributed by atoms with Crippen LogP contribution in [0.1, 0.15) is 18.4 Å². The van der Waals surface area contributed by atoms with Crippen LogP contribution < -0.4 is 15.0 Å². The number of hydrogen-bond acceptors (Lipinski definition) is 5. The first-order chi connectivity index (χ1) is 14.7. The molecule has 1 N–H and O–H groups in total. The summed E-state index contributed by atoms with van der Waals surface area (Å²) in [5.74, 6) is 1.84. The minimum atomic E-state index is 0.0380. The van der Waals surface area contributed by atoms with Crippen molar-refractivity contribution in [2.45, 2.75) is 19.4 Å². The molecule has 0 spiro atoms. The van der Waals surface area contributed by atoms with Gasteiger partial charge in [0.2, 0.25) is 5.91 Å². The highest BCUT2D eigenvalue weighted by Gasteiger charge is 2.25. The van der Waals surface area contributed by atoms with Gasteiger partial charge in [-0.15, -0.1) is 10.2 Å². The summed E-state index contributed by atoms with van der Waals surface area (Å²) in [6.07, 6.45) is 1.63. The monoisotopic (exact) mass is 402 g/mol. The number of nitrogens with zero attached hydrogens (tertiary/aromatic N) is 3. The molecule has 2 aromatic carbocycles. The van der Waals surface area contributed by atoms with Gasteiger partial charge in [0, 0.05) is 31.1 Å². The maximum Gasteiger partial charge on any atom is 0.223 e. The van der Waals surface area contributed by atoms with Crippen LogP contribution in [0, 0.1) is 5.92 Å². The zero-order valence-electron chi connectivity index (χ0n) is 17.1. The Kier molecular flexibility index (Phi) is 6.23. The predicted octanol–water partition coefficient (Wildman–Crippen LogP) is 3.69. The first kappa shape index (κ1) is 19.9. The number of carbonyl (C=O) groups excluding carboxylic acids is 1. The van der Waals surface area contributed by atoms with Crippen molar-refractivity contribution < 1.29 is 9.53 Å². The Morgan fingerprint density at radius 3 is 2.37 bits per heavy atom. The number of rotatable bonds is 6. The summed E-state index contributed by atoms with van der Waals surface area (Å²) >= 11 is 0. The molecule has 6 heteroatoms. The molecule has 0 saturated carbocycles. The van der Waals surface area contributed by atoms with E-state index < -0.39 is 0 Å². The van der Waals surface area contributed by atoms with Crippen LogP contribution in [-0.4, -0.2) is 36.3 Å². The summed E-state index contributed by atoms with van der Waals surface area (Å²) in [6.45, 7) is 2.15. The maximum atomic E-state index is 12.6. The van der Waals surface area contributed by atoms with Gasteiger partial charge in [-0.3, -0.25) is 4.79 Å². The van der Waals surface area contributed by atoms with Crippen molar-refractivity contribution in [1.29, 1.82) is 0 Å². The molecule has 1 saturated heterocycles. The van der Waals surface area contributed by atoms with Gasteiger partial charge >= 0.3 is 0 Å². The van der Waals surface area contributed by atoms with Gasteiger partial charge in [-0.2, -0.15) is 0 Å². The molecule has 6 nitrogen and oxygen atoms in total. The van der Waals surface area contributed by atoms with Crippen LogP contribution in [0.15, 0.2) is 66.7 Å². The minimum Gasteiger partial charge on any atom is -0.497 e. The van der Waals surface area contributed by atoms with E-state index in [2.05, 4.69) is 20.4 Å². The standard InChI is InChI=1S/C24H26N4O2/c1-30-21-9-7-18(8-10-21)17-25-24(29)20-13-15-28(16-14-20)23-12-11-22(26-27-23)19-5-3-2-4-6-19/h2-12,20H,13-17H2,1H3,(H,25,29). The summed E-state index contributed by atoms with van der Waals surface area (Å²) in [7, 11) is 1.65. The fourth-order valence-electron chi connectivity index (χ4n) is 3.70. The lowest BCUT2D eigenvalue weighted by atomic mass is 9.96. The summed E-state index contributed by atoms with van der Waals surface area (Å²) in [5, 5.41) is 11.8. The summed E-state index contributed by atoms with van der Waals surface area (Å²) < 4.78 is 5.16. The Hall–Kier alpha value is -3.41. The van der Waals surface area contributed by atoms with Crippen LogP contribution in [0.25, 0.3) is 11.3 Å². The topological polar surface area (TPSA) is 67.3 Å². The van der Waals surface area contributed by atoms with Crippen molar-refractivity contribution in [3.05, 3.63) is 72.3 Å². The first-order valence-corrected chi connectivity index (χ1v) is 10.3. The number of anilines is 1. The molecule has 30 heavy (non-hydrogen) atoms. The van der Waals surface area contributed by atoms with Crippen LogP contribution in [0.4, 0.5) is 5.82 Å². The van der Waals surface area contributed by atoms with E-state index in [1.54, 1.807) is 7.11 Å². The number of nitrogens with one attached hydrogen (secondary N) is 1. The van der Waals surface area contributed by atoms with E-state index in [0.717, 1.165) is 54.3 Å². The lowest BCUT2D eigenvalue weighted by Gasteiger charge is -2.31. The smallest absolute Gasteiger partial charge is 0.223 e. The Bertz CT molecular complexity index is 951. The molecule has 0 atom stereocenters. The molecule has 1 amide bonds. The van der Waals surface area contributed by atoms with Gasteiger partial charge in [-0.1, -0.05) is 42.5 Å². The van der Waals surface area contributed by atoms with Gasteiger partial charge in [-0.05, 0) is 42.7 Å². The van der Waals surface area contributed by atoms with Crippen LogP contribution in [-0.2, 0) is 11.3 Å². The molecular formula is C24H26N4O2. The maximum absolute atomic E-state index is 12.6. The molecule has 1 aromatic heterocycles. The number of amides is 1. The highest BCUT2D eigenvalue weighted by atomic mass is 16.5. The summed E-state index contributed by atoms with van der Waals surface area (Å²) in [4.78, 5) is 14.8. The Morgan fingerprint density at radius 1 is 1.00 bits per heavy atom. The van der Waals surface area contributed by atoms with E-state index in [9.17, 15) is 4.79 Å². The number of methoxy groups -OCH3 is 1. The summed E-state index contributed by atoms with van der Waals surface area (Å²) in [5.41, 5.74) is 2.99. The van der Waals surface area contributed by atoms with Crippen molar-refractivity contribution in [3.63, 3.8) is 0 Å². The van der Waals surface area contributed by atoms with Gasteiger partial charge in [0.15, 0.2) is 5.82 Å². The van der Waals surface area contributed by atoms with E-state index in [1.165, 1.54) is 0 Å². The first-order valence-electron chi connectivity index (χ1n) is 10.3. The van der Waals surface area contributed by atoms with E-state index in [4.69, 9.17) is 4.74 Å². The van der Waals surface area contributed by atoms with Gasteiger partial charge in [0.05, 0.1) is 12.8 Å². The second-order valence-corrected chi connectivity index (χ2v) is 7.47. The molecule has 4 rings (SSSR count). The number of benzene rings is 2. The number of piperidine rings is 1. The Balaban J connectivity index is 1.27. The van der Waals surface area contributed by atoms with Crippen molar-refractivity contribution in [1.82, 2.24) is 15.5 Å². The van der Waals surface area contributed by atoms with E-state index in [0.29, 0.717) is 6.54 Å². The van der Waals surface area contributed by atoms with Gasteiger partial charge in [0.1, 0.15) is 5.75 Å². The quantitative estimate of drug-likeness (QED) is 0.681. The molecule has 1 aliphatic rings. The van der Waals surface area contributed by atoms with E-state index in [1.807, 2.05) is 66.7 Å². The van der Waals surface area contributed by atoms with E-state index in [-0.39, 0.29) is 11.8 Å². The molecule has 3 aromatic rings. The lowest BCUT2D eigenvalue weighted by molar-refractivity contribution is -0.125. The van der Waals surface area contributed by atoms with Gasteiger partial charge in [-0.25, -0.2) is 0 Å². The highest BCUT2D eigenvalue weighted by molar-refractivity contribution is 5.79. The molecule has 0 radical (unpaired) electrons. The third-order valence-corrected chi connectivity index (χ3v) is 5.54. The number of hydrogen-bond donors (Lipinski definition) is 1. The molecular weight excluding hydrogens is 376 g/mol. The second-order valence-electron chi connectivity index (χ2n) is 7.47. The fourth-order valence-corrected chi connectivity index (χ4v) is 3.70. The largest absolute Gasteiger partial charge is 0.497 e. The van der Waals surface area contributed by atoms with Gasteiger partial charge < -0.3 is 15.0 Å². The fraction of sp³-hybridized carbons (Fsp3) is 0.292. The van der Waals surface area contributed by atoms with Gasteiger partial charge in [0.25, 0.3) is 0 Å². The van der Waals surface area contributed by atoms with Crippen molar-refractivity contribution in [2.24, 2.45) is 5.92 Å². The van der Waals surface area contributed by atoms with Crippen LogP contribution in [0.5, 0.6) is 5.75 Å². The molecule has 0 unspecified atom stereocenters. The zero-order valence-corrected chi connectivity index (χ0v) is 17.1. The molecule has 154 valence electrons. The average Bonchev–Trinajstić information content (AvgIpc) is 2.83. The van der Waals surface area contributed by atoms with Crippen LogP contribution in [0.3, 0.4) is 0 Å². The van der Waals surface area contributed by atoms with E-state index >= 15 is 0 Å². The number of carbonyl (C=O) groups is 1.